The molecule has 0 spiro atoms. The van der Waals surface area contributed by atoms with Crippen molar-refractivity contribution >= 4 is 17.0 Å². The summed E-state index contributed by atoms with van der Waals surface area (Å²) in [5, 5.41) is 10.6. The zero-order chi connectivity index (χ0) is 9.26. The van der Waals surface area contributed by atoms with Gasteiger partial charge < -0.3 is 4.98 Å². The van der Waals surface area contributed by atoms with E-state index in [1.165, 1.54) is 12.1 Å². The fourth-order valence-electron chi connectivity index (χ4n) is 1.09. The molecule has 1 aromatic heterocycles. The number of hydrogen-bond donors (Lipinski definition) is 2. The highest BCUT2D eigenvalue weighted by molar-refractivity contribution is 5.77. The second-order valence-electron chi connectivity index (χ2n) is 2.48. The molecule has 2 rings (SSSR count). The summed E-state index contributed by atoms with van der Waals surface area (Å²) in [6.45, 7) is 0. The molecule has 0 aliphatic heterocycles. The van der Waals surface area contributed by atoms with Crippen molar-refractivity contribution in [1.82, 2.24) is 9.97 Å². The molecule has 5 heteroatoms. The van der Waals surface area contributed by atoms with Gasteiger partial charge in [0.2, 0.25) is 5.95 Å². The van der Waals surface area contributed by atoms with Crippen LogP contribution in [0.4, 0.5) is 10.3 Å². The van der Waals surface area contributed by atoms with Gasteiger partial charge >= 0.3 is 0 Å². The maximum absolute atomic E-state index is 12.7. The van der Waals surface area contributed by atoms with Gasteiger partial charge in [0.05, 0.1) is 11.0 Å². The summed E-state index contributed by atoms with van der Waals surface area (Å²) in [6.07, 6.45) is 1.72. The van der Waals surface area contributed by atoms with Gasteiger partial charge in [-0.05, 0) is 18.2 Å². The predicted molar refractivity (Wildman–Crippen MR) is 45.3 cm³/mol. The summed E-state index contributed by atoms with van der Waals surface area (Å²) >= 11 is 0. The number of anilines is 1. The number of halogens is 1. The van der Waals surface area contributed by atoms with Gasteiger partial charge in [-0.15, -0.1) is 0 Å². The largest absolute Gasteiger partial charge is 0.323 e. The minimum absolute atomic E-state index is 0.322. The van der Waals surface area contributed by atoms with Gasteiger partial charge in [0.15, 0.2) is 6.19 Å². The second kappa shape index (κ2) is 2.75. The molecule has 0 fully saturated rings. The quantitative estimate of drug-likeness (QED) is 0.512. The van der Waals surface area contributed by atoms with Gasteiger partial charge in [0, 0.05) is 0 Å². The highest BCUT2D eigenvalue weighted by atomic mass is 19.1. The maximum atomic E-state index is 12.7. The van der Waals surface area contributed by atoms with E-state index in [9.17, 15) is 4.39 Å². The van der Waals surface area contributed by atoms with E-state index in [1.54, 1.807) is 12.3 Å². The van der Waals surface area contributed by atoms with Crippen LogP contribution in [0.3, 0.4) is 0 Å². The van der Waals surface area contributed by atoms with E-state index in [-0.39, 0.29) is 5.82 Å². The maximum Gasteiger partial charge on any atom is 0.214 e. The van der Waals surface area contributed by atoms with Crippen LogP contribution in [-0.2, 0) is 0 Å². The van der Waals surface area contributed by atoms with Crippen LogP contribution >= 0.6 is 0 Å². The van der Waals surface area contributed by atoms with Gasteiger partial charge in [-0.1, -0.05) is 0 Å². The first-order valence-electron chi connectivity index (χ1n) is 3.60. The summed E-state index contributed by atoms with van der Waals surface area (Å²) in [5.41, 5.74) is 1.19. The fraction of sp³-hybridized carbons (Fsp3) is 0. The fourth-order valence-corrected chi connectivity index (χ4v) is 1.09. The number of rotatable bonds is 1. The Morgan fingerprint density at radius 3 is 3.15 bits per heavy atom. The van der Waals surface area contributed by atoms with E-state index >= 15 is 0 Å². The summed E-state index contributed by atoms with van der Waals surface area (Å²) in [5.74, 6) is -0.0113. The van der Waals surface area contributed by atoms with Crippen LogP contribution in [0.5, 0.6) is 0 Å². The summed E-state index contributed by atoms with van der Waals surface area (Å²) in [7, 11) is 0. The first-order valence-corrected chi connectivity index (χ1v) is 3.60. The summed E-state index contributed by atoms with van der Waals surface area (Å²) in [6, 6.07) is 4.19. The Labute approximate surface area is 73.0 Å². The van der Waals surface area contributed by atoms with Crippen molar-refractivity contribution in [2.75, 3.05) is 5.32 Å². The van der Waals surface area contributed by atoms with E-state index in [2.05, 4.69) is 15.3 Å². The van der Waals surface area contributed by atoms with Crippen molar-refractivity contribution in [3.8, 4) is 6.19 Å². The Balaban J connectivity index is 2.57. The number of imidazole rings is 1. The molecule has 0 aliphatic carbocycles. The molecule has 0 unspecified atom stereocenters. The number of nitrogens with zero attached hydrogens (tertiary/aromatic N) is 2. The number of fused-ring (bicyclic) bond motifs is 1. The monoisotopic (exact) mass is 176 g/mol. The Morgan fingerprint density at radius 2 is 2.38 bits per heavy atom. The van der Waals surface area contributed by atoms with Crippen LogP contribution in [0.1, 0.15) is 0 Å². The highest BCUT2D eigenvalue weighted by Crippen LogP contribution is 2.14. The van der Waals surface area contributed by atoms with Crippen molar-refractivity contribution in [3.63, 3.8) is 0 Å². The number of benzene rings is 1. The molecule has 1 heterocycles. The molecule has 0 radical (unpaired) electrons. The van der Waals surface area contributed by atoms with Crippen molar-refractivity contribution in [3.05, 3.63) is 24.0 Å². The highest BCUT2D eigenvalue weighted by Gasteiger charge is 2.01. The second-order valence-corrected chi connectivity index (χ2v) is 2.48. The number of nitrogens with one attached hydrogen (secondary N) is 2. The van der Waals surface area contributed by atoms with Crippen LogP contribution in [0.25, 0.3) is 11.0 Å². The third-order valence-corrected chi connectivity index (χ3v) is 1.62. The van der Waals surface area contributed by atoms with Crippen LogP contribution < -0.4 is 5.32 Å². The van der Waals surface area contributed by atoms with Crippen molar-refractivity contribution < 1.29 is 4.39 Å². The summed E-state index contributed by atoms with van der Waals surface area (Å²) < 4.78 is 12.7. The third-order valence-electron chi connectivity index (χ3n) is 1.62. The van der Waals surface area contributed by atoms with Crippen LogP contribution in [0.15, 0.2) is 18.2 Å². The van der Waals surface area contributed by atoms with E-state index in [0.717, 1.165) is 0 Å². The van der Waals surface area contributed by atoms with E-state index < -0.39 is 0 Å². The Bertz CT molecular complexity index is 482. The predicted octanol–water partition coefficient (Wildman–Crippen LogP) is 1.59. The molecule has 0 saturated carbocycles. The average molecular weight is 176 g/mol. The molecule has 2 N–H and O–H groups in total. The van der Waals surface area contributed by atoms with E-state index in [1.807, 2.05) is 0 Å². The van der Waals surface area contributed by atoms with E-state index in [0.29, 0.717) is 17.0 Å². The van der Waals surface area contributed by atoms with Crippen LogP contribution in [-0.4, -0.2) is 9.97 Å². The lowest BCUT2D eigenvalue weighted by molar-refractivity contribution is 0.629. The van der Waals surface area contributed by atoms with Crippen molar-refractivity contribution in [1.29, 1.82) is 5.26 Å². The number of H-pyrrole nitrogens is 1. The zero-order valence-corrected chi connectivity index (χ0v) is 6.50. The molecule has 64 valence electrons. The molecule has 1 aromatic carbocycles. The molecular formula is C8H5FN4. The smallest absolute Gasteiger partial charge is 0.214 e. The van der Waals surface area contributed by atoms with E-state index in [4.69, 9.17) is 5.26 Å². The molecule has 0 bridgehead atoms. The van der Waals surface area contributed by atoms with Gasteiger partial charge in [-0.2, -0.15) is 5.26 Å². The van der Waals surface area contributed by atoms with Crippen molar-refractivity contribution in [2.24, 2.45) is 0 Å². The van der Waals surface area contributed by atoms with Gasteiger partial charge in [-0.3, -0.25) is 5.32 Å². The first-order chi connectivity index (χ1) is 6.29. The lowest BCUT2D eigenvalue weighted by atomic mass is 10.3. The number of hydrogen-bond acceptors (Lipinski definition) is 3. The number of aromatic amines is 1. The Hall–Kier alpha value is -2.09. The molecule has 13 heavy (non-hydrogen) atoms. The van der Waals surface area contributed by atoms with Gasteiger partial charge in [-0.25, -0.2) is 9.37 Å². The molecule has 0 saturated heterocycles. The standard InChI is InChI=1S/C8H5FN4/c9-5-1-2-6-7(3-5)13-8(12-6)11-4-10/h1-3H,(H2,11,12,13). The first kappa shape index (κ1) is 7.55. The molecular weight excluding hydrogens is 171 g/mol. The average Bonchev–Trinajstić information content (AvgIpc) is 2.46. The lowest BCUT2D eigenvalue weighted by Gasteiger charge is -1.86. The normalized spacial score (nSPS) is 9.85. The Kier molecular flexibility index (Phi) is 1.60. The molecule has 4 nitrogen and oxygen atoms in total. The topological polar surface area (TPSA) is 64.5 Å². The Morgan fingerprint density at radius 1 is 1.54 bits per heavy atom. The molecule has 0 atom stereocenters. The van der Waals surface area contributed by atoms with Gasteiger partial charge in [0.1, 0.15) is 5.82 Å². The van der Waals surface area contributed by atoms with Gasteiger partial charge in [0.25, 0.3) is 0 Å². The molecule has 2 aromatic rings. The van der Waals surface area contributed by atoms with Crippen LogP contribution in [0.2, 0.25) is 0 Å². The molecule has 0 aliphatic rings. The lowest BCUT2D eigenvalue weighted by Crippen LogP contribution is -1.87. The molecule has 0 amide bonds. The minimum Gasteiger partial charge on any atom is -0.323 e. The zero-order valence-electron chi connectivity index (χ0n) is 6.50. The van der Waals surface area contributed by atoms with Crippen LogP contribution in [0, 0.1) is 17.3 Å². The number of nitriles is 1. The number of aromatic nitrogens is 2. The SMILES string of the molecule is N#CNc1nc2ccc(F)cc2[nH]1. The summed E-state index contributed by atoms with van der Waals surface area (Å²) in [4.78, 5) is 6.74. The third kappa shape index (κ3) is 1.29. The minimum atomic E-state index is -0.334. The van der Waals surface area contributed by atoms with Crippen molar-refractivity contribution in [2.45, 2.75) is 0 Å².